The van der Waals surface area contributed by atoms with Crippen molar-refractivity contribution < 1.29 is 19.1 Å². The van der Waals surface area contributed by atoms with Crippen LogP contribution < -0.4 is 4.90 Å². The van der Waals surface area contributed by atoms with Crippen LogP contribution in [-0.2, 0) is 14.3 Å². The number of carbonyl (C=O) groups is 2. The van der Waals surface area contributed by atoms with E-state index in [1.165, 1.54) is 0 Å². The van der Waals surface area contributed by atoms with E-state index in [1.54, 1.807) is 9.80 Å². The fourth-order valence-electron chi connectivity index (χ4n) is 3.11. The third kappa shape index (κ3) is 6.54. The minimum atomic E-state index is -0.491. The van der Waals surface area contributed by atoms with Crippen molar-refractivity contribution >= 4 is 17.7 Å². The maximum absolute atomic E-state index is 12.7. The lowest BCUT2D eigenvalue weighted by atomic mass is 10.1. The summed E-state index contributed by atoms with van der Waals surface area (Å²) >= 11 is 0. The largest absolute Gasteiger partial charge is 0.444 e. The number of likely N-dealkylation sites (tertiary alicyclic amines) is 1. The summed E-state index contributed by atoms with van der Waals surface area (Å²) in [6.07, 6.45) is 1.11. The number of hydrogen-bond donors (Lipinski definition) is 0. The van der Waals surface area contributed by atoms with Gasteiger partial charge in [-0.25, -0.2) is 4.79 Å². The highest BCUT2D eigenvalue weighted by Gasteiger charge is 2.28. The molecule has 0 N–H and O–H groups in total. The zero-order chi connectivity index (χ0) is 20.0. The molecule has 1 aliphatic heterocycles. The van der Waals surface area contributed by atoms with Crippen molar-refractivity contribution in [1.29, 1.82) is 0 Å². The molecule has 27 heavy (non-hydrogen) atoms. The van der Waals surface area contributed by atoms with Gasteiger partial charge in [0.25, 0.3) is 5.91 Å². The number of amides is 2. The lowest BCUT2D eigenvalue weighted by molar-refractivity contribution is -0.126. The fraction of sp³-hybridized carbons (Fsp3) is 0.619. The lowest BCUT2D eigenvalue weighted by Crippen LogP contribution is -2.45. The predicted octanol–water partition coefficient (Wildman–Crippen LogP) is 3.84. The number of piperidine rings is 1. The van der Waals surface area contributed by atoms with Crippen molar-refractivity contribution in [1.82, 2.24) is 4.90 Å². The first-order valence-corrected chi connectivity index (χ1v) is 9.64. The number of ether oxygens (including phenoxy) is 2. The van der Waals surface area contributed by atoms with Gasteiger partial charge in [0.1, 0.15) is 12.2 Å². The monoisotopic (exact) mass is 376 g/mol. The van der Waals surface area contributed by atoms with E-state index in [1.807, 2.05) is 65.0 Å². The van der Waals surface area contributed by atoms with Gasteiger partial charge >= 0.3 is 6.09 Å². The number of para-hydroxylation sites is 1. The molecule has 1 fully saturated rings. The maximum Gasteiger partial charge on any atom is 0.410 e. The third-order valence-corrected chi connectivity index (χ3v) is 4.36. The molecule has 0 unspecified atom stereocenters. The highest BCUT2D eigenvalue weighted by Crippen LogP contribution is 2.19. The van der Waals surface area contributed by atoms with Crippen molar-refractivity contribution in [2.24, 2.45) is 0 Å². The molecule has 1 heterocycles. The molecule has 0 saturated carbocycles. The minimum absolute atomic E-state index is 0.0163. The molecule has 150 valence electrons. The first-order chi connectivity index (χ1) is 12.7. The van der Waals surface area contributed by atoms with Gasteiger partial charge in [0.15, 0.2) is 0 Å². The van der Waals surface area contributed by atoms with E-state index in [2.05, 4.69) is 0 Å². The van der Waals surface area contributed by atoms with Crippen molar-refractivity contribution in [2.45, 2.75) is 65.2 Å². The molecular weight excluding hydrogens is 344 g/mol. The zero-order valence-corrected chi connectivity index (χ0v) is 17.1. The summed E-state index contributed by atoms with van der Waals surface area (Å²) < 4.78 is 11.3. The number of nitrogens with zero attached hydrogens (tertiary/aromatic N) is 2. The summed E-state index contributed by atoms with van der Waals surface area (Å²) in [5.41, 5.74) is 0.384. The lowest BCUT2D eigenvalue weighted by Gasteiger charge is -2.34. The molecule has 0 radical (unpaired) electrons. The van der Waals surface area contributed by atoms with Crippen LogP contribution in [-0.4, -0.2) is 54.3 Å². The number of hydrogen-bond acceptors (Lipinski definition) is 4. The van der Waals surface area contributed by atoms with E-state index in [0.717, 1.165) is 5.69 Å². The van der Waals surface area contributed by atoms with E-state index in [9.17, 15) is 9.59 Å². The molecule has 0 aliphatic carbocycles. The molecule has 0 aromatic heterocycles. The quantitative estimate of drug-likeness (QED) is 0.783. The van der Waals surface area contributed by atoms with Crippen LogP contribution in [0, 0.1) is 0 Å². The Morgan fingerprint density at radius 3 is 2.26 bits per heavy atom. The average Bonchev–Trinajstić information content (AvgIpc) is 2.59. The first-order valence-electron chi connectivity index (χ1n) is 9.64. The van der Waals surface area contributed by atoms with Gasteiger partial charge in [0.05, 0.1) is 6.10 Å². The fourth-order valence-corrected chi connectivity index (χ4v) is 3.11. The molecule has 6 heteroatoms. The summed E-state index contributed by atoms with van der Waals surface area (Å²) in [5, 5.41) is 0. The Morgan fingerprint density at radius 2 is 1.74 bits per heavy atom. The Morgan fingerprint density at radius 1 is 1.15 bits per heavy atom. The molecule has 0 atom stereocenters. The van der Waals surface area contributed by atoms with Crippen LogP contribution >= 0.6 is 0 Å². The highest BCUT2D eigenvalue weighted by molar-refractivity contribution is 5.94. The summed E-state index contributed by atoms with van der Waals surface area (Å²) in [6, 6.07) is 9.68. The third-order valence-electron chi connectivity index (χ3n) is 4.36. The van der Waals surface area contributed by atoms with Crippen LogP contribution in [0.15, 0.2) is 30.3 Å². The Bertz CT molecular complexity index is 617. The number of anilines is 1. The Balaban J connectivity index is 1.82. The maximum atomic E-state index is 12.7. The molecule has 0 spiro atoms. The highest BCUT2D eigenvalue weighted by atomic mass is 16.6. The second kappa shape index (κ2) is 9.22. The van der Waals surface area contributed by atoms with Gasteiger partial charge in [0.2, 0.25) is 0 Å². The van der Waals surface area contributed by atoms with Crippen molar-refractivity contribution in [3.8, 4) is 0 Å². The van der Waals surface area contributed by atoms with Gasteiger partial charge in [-0.1, -0.05) is 18.2 Å². The minimum Gasteiger partial charge on any atom is -0.444 e. The molecule has 2 amide bonds. The van der Waals surface area contributed by atoms with Gasteiger partial charge in [-0.2, -0.15) is 0 Å². The van der Waals surface area contributed by atoms with Crippen molar-refractivity contribution in [2.75, 3.05) is 24.6 Å². The average molecular weight is 376 g/mol. The molecule has 2 rings (SSSR count). The molecule has 6 nitrogen and oxygen atoms in total. The van der Waals surface area contributed by atoms with E-state index in [4.69, 9.17) is 9.47 Å². The molecule has 1 aromatic rings. The van der Waals surface area contributed by atoms with Crippen LogP contribution in [0.3, 0.4) is 0 Å². The summed E-state index contributed by atoms with van der Waals surface area (Å²) in [7, 11) is 0. The number of rotatable bonds is 5. The Labute approximate surface area is 162 Å². The van der Waals surface area contributed by atoms with Crippen LogP contribution in [0.25, 0.3) is 0 Å². The molecule has 0 bridgehead atoms. The Kier molecular flexibility index (Phi) is 7.25. The van der Waals surface area contributed by atoms with Crippen LogP contribution in [0.5, 0.6) is 0 Å². The molecule has 1 aliphatic rings. The molecular formula is C21H32N2O4. The number of carbonyl (C=O) groups excluding carboxylic acids is 2. The predicted molar refractivity (Wildman–Crippen MR) is 106 cm³/mol. The van der Waals surface area contributed by atoms with Crippen molar-refractivity contribution in [3.05, 3.63) is 30.3 Å². The summed E-state index contributed by atoms with van der Waals surface area (Å²) in [6.45, 7) is 10.8. The van der Waals surface area contributed by atoms with Crippen molar-refractivity contribution in [3.63, 3.8) is 0 Å². The van der Waals surface area contributed by atoms with Gasteiger partial charge < -0.3 is 19.3 Å². The van der Waals surface area contributed by atoms with Gasteiger partial charge in [0, 0.05) is 24.8 Å². The second-order valence-electron chi connectivity index (χ2n) is 8.17. The van der Waals surface area contributed by atoms with Crippen LogP contribution in [0.2, 0.25) is 0 Å². The number of benzene rings is 1. The Hall–Kier alpha value is -2.08. The molecule has 1 aromatic carbocycles. The standard InChI is InChI=1S/C21H32N2O4/c1-16(2)23(17-9-7-6-8-10-17)19(24)15-26-18-11-13-22(14-12-18)20(25)27-21(3,4)5/h6-10,16,18H,11-15H2,1-5H3. The normalized spacial score (nSPS) is 15.7. The zero-order valence-electron chi connectivity index (χ0n) is 17.1. The van der Waals surface area contributed by atoms with Gasteiger partial charge in [-0.15, -0.1) is 0 Å². The summed E-state index contributed by atoms with van der Waals surface area (Å²) in [4.78, 5) is 28.2. The van der Waals surface area contributed by atoms with E-state index < -0.39 is 5.60 Å². The smallest absolute Gasteiger partial charge is 0.410 e. The van der Waals surface area contributed by atoms with Gasteiger partial charge in [-0.3, -0.25) is 4.79 Å². The first kappa shape index (κ1) is 21.2. The van der Waals surface area contributed by atoms with E-state index >= 15 is 0 Å². The van der Waals surface area contributed by atoms with E-state index in [-0.39, 0.29) is 30.8 Å². The molecule has 1 saturated heterocycles. The van der Waals surface area contributed by atoms with Crippen LogP contribution in [0.1, 0.15) is 47.5 Å². The van der Waals surface area contributed by atoms with Crippen LogP contribution in [0.4, 0.5) is 10.5 Å². The van der Waals surface area contributed by atoms with E-state index in [0.29, 0.717) is 25.9 Å². The van der Waals surface area contributed by atoms with Gasteiger partial charge in [-0.05, 0) is 59.6 Å². The topological polar surface area (TPSA) is 59.1 Å². The second-order valence-corrected chi connectivity index (χ2v) is 8.17. The SMILES string of the molecule is CC(C)N(C(=O)COC1CCN(C(=O)OC(C)(C)C)CC1)c1ccccc1. The summed E-state index contributed by atoms with van der Waals surface area (Å²) in [5.74, 6) is -0.0502.